The van der Waals surface area contributed by atoms with Gasteiger partial charge < -0.3 is 10.6 Å². The van der Waals surface area contributed by atoms with Crippen LogP contribution in [0.3, 0.4) is 0 Å². The van der Waals surface area contributed by atoms with Gasteiger partial charge in [-0.05, 0) is 61.9 Å². The van der Waals surface area contributed by atoms with E-state index in [0.29, 0.717) is 22.0 Å². The third-order valence-electron chi connectivity index (χ3n) is 4.00. The Morgan fingerprint density at radius 1 is 0.889 bits per heavy atom. The van der Waals surface area contributed by atoms with Crippen LogP contribution in [0.5, 0.6) is 0 Å². The molecule has 3 aromatic rings. The van der Waals surface area contributed by atoms with Crippen LogP contribution in [0.2, 0.25) is 5.02 Å². The van der Waals surface area contributed by atoms with Crippen molar-refractivity contribution in [1.29, 1.82) is 0 Å². The molecule has 0 radical (unpaired) electrons. The molecule has 0 saturated carbocycles. The van der Waals surface area contributed by atoms with Crippen molar-refractivity contribution in [2.75, 3.05) is 10.6 Å². The number of carbonyl (C=O) groups is 2. The Labute approximate surface area is 162 Å². The van der Waals surface area contributed by atoms with Gasteiger partial charge in [0.25, 0.3) is 11.8 Å². The van der Waals surface area contributed by atoms with Crippen LogP contribution in [0.25, 0.3) is 0 Å². The minimum absolute atomic E-state index is 0.163. The predicted molar refractivity (Wildman–Crippen MR) is 108 cm³/mol. The van der Waals surface area contributed by atoms with Gasteiger partial charge >= 0.3 is 0 Å². The molecule has 0 unspecified atom stereocenters. The van der Waals surface area contributed by atoms with Crippen LogP contribution in [-0.4, -0.2) is 16.8 Å². The van der Waals surface area contributed by atoms with Crippen molar-refractivity contribution in [1.82, 2.24) is 4.98 Å². The van der Waals surface area contributed by atoms with Gasteiger partial charge in [-0.1, -0.05) is 29.3 Å². The number of hydrogen-bond donors (Lipinski definition) is 2. The summed E-state index contributed by atoms with van der Waals surface area (Å²) in [5.74, 6) is -0.705. The number of aryl methyl sites for hydroxylation is 2. The highest BCUT2D eigenvalue weighted by Crippen LogP contribution is 2.20. The summed E-state index contributed by atoms with van der Waals surface area (Å²) < 4.78 is 0. The van der Waals surface area contributed by atoms with Crippen LogP contribution in [0, 0.1) is 13.8 Å². The van der Waals surface area contributed by atoms with Crippen LogP contribution in [-0.2, 0) is 0 Å². The highest BCUT2D eigenvalue weighted by molar-refractivity contribution is 6.30. The first kappa shape index (κ1) is 18.6. The predicted octanol–water partition coefficient (Wildman–Crippen LogP) is 4.86. The fourth-order valence-electron chi connectivity index (χ4n) is 2.49. The van der Waals surface area contributed by atoms with Gasteiger partial charge in [0.05, 0.1) is 0 Å². The number of nitrogens with zero attached hydrogens (tertiary/aromatic N) is 1. The molecule has 0 spiro atoms. The number of carbonyl (C=O) groups excluding carboxylic acids is 2. The standard InChI is InChI=1S/C21H18ClN3O2/c1-13-3-6-17(7-4-13)24-21(27)19-12-15(9-10-23-19)20(26)25-18-8-5-16(22)11-14(18)2/h3-12H,1-2H3,(H,24,27)(H,25,26). The first-order valence-electron chi connectivity index (χ1n) is 8.34. The molecule has 0 fully saturated rings. The maximum absolute atomic E-state index is 12.5. The van der Waals surface area contributed by atoms with E-state index in [0.717, 1.165) is 11.1 Å². The van der Waals surface area contributed by atoms with Gasteiger partial charge in [-0.3, -0.25) is 14.6 Å². The SMILES string of the molecule is Cc1ccc(NC(=O)c2cc(C(=O)Nc3ccc(Cl)cc3C)ccn2)cc1. The monoisotopic (exact) mass is 379 g/mol. The van der Waals surface area contributed by atoms with E-state index < -0.39 is 0 Å². The zero-order valence-electron chi connectivity index (χ0n) is 14.9. The lowest BCUT2D eigenvalue weighted by Crippen LogP contribution is -2.17. The van der Waals surface area contributed by atoms with Crippen molar-refractivity contribution in [2.45, 2.75) is 13.8 Å². The van der Waals surface area contributed by atoms with Crippen molar-refractivity contribution in [2.24, 2.45) is 0 Å². The molecule has 1 aromatic heterocycles. The molecule has 2 amide bonds. The third-order valence-corrected chi connectivity index (χ3v) is 4.24. The smallest absolute Gasteiger partial charge is 0.274 e. The van der Waals surface area contributed by atoms with Gasteiger partial charge in [0.2, 0.25) is 0 Å². The Balaban J connectivity index is 1.75. The molecule has 6 heteroatoms. The van der Waals surface area contributed by atoms with Crippen molar-refractivity contribution >= 4 is 34.8 Å². The molecule has 0 atom stereocenters. The van der Waals surface area contributed by atoms with Gasteiger partial charge in [-0.25, -0.2) is 0 Å². The summed E-state index contributed by atoms with van der Waals surface area (Å²) >= 11 is 5.94. The molecule has 136 valence electrons. The summed E-state index contributed by atoms with van der Waals surface area (Å²) in [6.45, 7) is 3.83. The lowest BCUT2D eigenvalue weighted by Gasteiger charge is -2.10. The highest BCUT2D eigenvalue weighted by atomic mass is 35.5. The summed E-state index contributed by atoms with van der Waals surface area (Å²) in [7, 11) is 0. The maximum Gasteiger partial charge on any atom is 0.274 e. The summed E-state index contributed by atoms with van der Waals surface area (Å²) in [6.07, 6.45) is 1.44. The molecule has 0 aliphatic heterocycles. The van der Waals surface area contributed by atoms with Gasteiger partial charge in [0.15, 0.2) is 0 Å². The van der Waals surface area contributed by atoms with E-state index in [4.69, 9.17) is 11.6 Å². The van der Waals surface area contributed by atoms with Crippen LogP contribution in [0.1, 0.15) is 32.0 Å². The summed E-state index contributed by atoms with van der Waals surface area (Å²) in [5, 5.41) is 6.19. The van der Waals surface area contributed by atoms with Crippen LogP contribution in [0.15, 0.2) is 60.8 Å². The molecule has 3 rings (SSSR count). The van der Waals surface area contributed by atoms with E-state index in [-0.39, 0.29) is 17.5 Å². The minimum Gasteiger partial charge on any atom is -0.322 e. The Bertz CT molecular complexity index is 1000. The van der Waals surface area contributed by atoms with E-state index in [2.05, 4.69) is 15.6 Å². The molecule has 2 aromatic carbocycles. The molecule has 0 saturated heterocycles. The Kier molecular flexibility index (Phi) is 5.52. The number of nitrogens with one attached hydrogen (secondary N) is 2. The number of aromatic nitrogens is 1. The van der Waals surface area contributed by atoms with Crippen molar-refractivity contribution in [3.8, 4) is 0 Å². The number of rotatable bonds is 4. The minimum atomic E-state index is -0.379. The zero-order chi connectivity index (χ0) is 19.4. The maximum atomic E-state index is 12.5. The number of benzene rings is 2. The molecule has 0 aliphatic carbocycles. The third kappa shape index (κ3) is 4.71. The number of halogens is 1. The lowest BCUT2D eigenvalue weighted by atomic mass is 10.1. The average Bonchev–Trinajstić information content (AvgIpc) is 2.66. The van der Waals surface area contributed by atoms with Crippen molar-refractivity contribution in [3.05, 3.63) is 88.2 Å². The fourth-order valence-corrected chi connectivity index (χ4v) is 2.72. The first-order chi connectivity index (χ1) is 12.9. The van der Waals surface area contributed by atoms with E-state index in [1.54, 1.807) is 24.3 Å². The van der Waals surface area contributed by atoms with Crippen LogP contribution in [0.4, 0.5) is 11.4 Å². The molecule has 27 heavy (non-hydrogen) atoms. The molecule has 0 bridgehead atoms. The van der Waals surface area contributed by atoms with Crippen LogP contribution >= 0.6 is 11.6 Å². The van der Waals surface area contributed by atoms with Crippen molar-refractivity contribution in [3.63, 3.8) is 0 Å². The zero-order valence-corrected chi connectivity index (χ0v) is 15.7. The number of pyridine rings is 1. The quantitative estimate of drug-likeness (QED) is 0.680. The normalized spacial score (nSPS) is 10.3. The lowest BCUT2D eigenvalue weighted by molar-refractivity contribution is 0.102. The highest BCUT2D eigenvalue weighted by Gasteiger charge is 2.13. The van der Waals surface area contributed by atoms with E-state index in [1.807, 2.05) is 38.1 Å². The second-order valence-corrected chi connectivity index (χ2v) is 6.60. The van der Waals surface area contributed by atoms with E-state index in [1.165, 1.54) is 12.3 Å². The Morgan fingerprint density at radius 2 is 1.63 bits per heavy atom. The molecule has 1 heterocycles. The largest absolute Gasteiger partial charge is 0.322 e. The number of anilines is 2. The average molecular weight is 380 g/mol. The second-order valence-electron chi connectivity index (χ2n) is 6.16. The first-order valence-corrected chi connectivity index (χ1v) is 8.72. The Hall–Kier alpha value is -3.18. The number of amides is 2. The summed E-state index contributed by atoms with van der Waals surface area (Å²) in [4.78, 5) is 29.0. The topological polar surface area (TPSA) is 71.1 Å². The van der Waals surface area contributed by atoms with E-state index in [9.17, 15) is 9.59 Å². The van der Waals surface area contributed by atoms with Gasteiger partial charge in [0, 0.05) is 28.2 Å². The number of hydrogen-bond acceptors (Lipinski definition) is 3. The van der Waals surface area contributed by atoms with Crippen molar-refractivity contribution < 1.29 is 9.59 Å². The molecule has 5 nitrogen and oxygen atoms in total. The van der Waals surface area contributed by atoms with Gasteiger partial charge in [-0.15, -0.1) is 0 Å². The second kappa shape index (κ2) is 8.01. The fraction of sp³-hybridized carbons (Fsp3) is 0.0952. The van der Waals surface area contributed by atoms with E-state index >= 15 is 0 Å². The molecular formula is C21H18ClN3O2. The van der Waals surface area contributed by atoms with Gasteiger partial charge in [-0.2, -0.15) is 0 Å². The molecular weight excluding hydrogens is 362 g/mol. The van der Waals surface area contributed by atoms with Gasteiger partial charge in [0.1, 0.15) is 5.69 Å². The van der Waals surface area contributed by atoms with Crippen LogP contribution < -0.4 is 10.6 Å². The Morgan fingerprint density at radius 3 is 2.33 bits per heavy atom. The summed E-state index contributed by atoms with van der Waals surface area (Å²) in [6, 6.07) is 15.7. The molecule has 0 aliphatic rings. The summed E-state index contributed by atoms with van der Waals surface area (Å²) in [5.41, 5.74) is 3.78. The molecule has 2 N–H and O–H groups in total.